The van der Waals surface area contributed by atoms with Crippen molar-refractivity contribution in [2.45, 2.75) is 56.5 Å². The third-order valence-electron chi connectivity index (χ3n) is 3.32. The van der Waals surface area contributed by atoms with Crippen LogP contribution in [0.3, 0.4) is 0 Å². The lowest BCUT2D eigenvalue weighted by molar-refractivity contribution is -0.0147. The van der Waals surface area contributed by atoms with Crippen molar-refractivity contribution < 1.29 is 0 Å². The van der Waals surface area contributed by atoms with Crippen LogP contribution in [-0.4, -0.2) is 21.0 Å². The molecule has 1 atom stereocenters. The average molecular weight is 295 g/mol. The van der Waals surface area contributed by atoms with Gasteiger partial charge < -0.3 is 0 Å². The fraction of sp³-hybridized carbons (Fsp3) is 1.00. The standard InChI is InChI=1S/C11H22IN/c1-9(2)7-10(3,4)13(6)11(5,12)8-9/h7-8H2,1-6H3. The molecule has 0 aliphatic carbocycles. The first kappa shape index (κ1) is 11.8. The zero-order valence-electron chi connectivity index (χ0n) is 9.74. The van der Waals surface area contributed by atoms with Crippen LogP contribution in [0.1, 0.15) is 47.5 Å². The highest BCUT2D eigenvalue weighted by molar-refractivity contribution is 14.1. The molecule has 1 fully saturated rings. The summed E-state index contributed by atoms with van der Waals surface area (Å²) in [6, 6.07) is 0. The summed E-state index contributed by atoms with van der Waals surface area (Å²) in [6.07, 6.45) is 2.57. The van der Waals surface area contributed by atoms with Gasteiger partial charge in [-0.2, -0.15) is 0 Å². The zero-order valence-corrected chi connectivity index (χ0v) is 11.9. The topological polar surface area (TPSA) is 3.24 Å². The molecule has 0 N–H and O–H groups in total. The van der Waals surface area contributed by atoms with E-state index in [4.69, 9.17) is 0 Å². The molecule has 0 amide bonds. The molecular formula is C11H22IN. The van der Waals surface area contributed by atoms with Crippen LogP contribution in [-0.2, 0) is 0 Å². The van der Waals surface area contributed by atoms with E-state index < -0.39 is 0 Å². The van der Waals surface area contributed by atoms with E-state index in [0.717, 1.165) is 0 Å². The minimum absolute atomic E-state index is 0.309. The molecule has 1 nitrogen and oxygen atoms in total. The van der Waals surface area contributed by atoms with Crippen LogP contribution in [0.4, 0.5) is 0 Å². The summed E-state index contributed by atoms with van der Waals surface area (Å²) in [5.74, 6) is 0. The molecule has 1 aliphatic rings. The summed E-state index contributed by atoms with van der Waals surface area (Å²) in [5, 5.41) is 0. The van der Waals surface area contributed by atoms with Crippen molar-refractivity contribution >= 4 is 22.6 Å². The lowest BCUT2D eigenvalue weighted by Crippen LogP contribution is -2.59. The smallest absolute Gasteiger partial charge is 0.0708 e. The van der Waals surface area contributed by atoms with Gasteiger partial charge in [0.05, 0.1) is 3.55 Å². The Balaban J connectivity index is 2.96. The van der Waals surface area contributed by atoms with Crippen LogP contribution >= 0.6 is 22.6 Å². The highest BCUT2D eigenvalue weighted by Gasteiger charge is 2.47. The average Bonchev–Trinajstić information content (AvgIpc) is 1.77. The van der Waals surface area contributed by atoms with Crippen LogP contribution in [0.25, 0.3) is 0 Å². The molecule has 1 aliphatic heterocycles. The number of nitrogens with zero attached hydrogens (tertiary/aromatic N) is 1. The first-order valence-corrected chi connectivity index (χ1v) is 6.08. The summed E-state index contributed by atoms with van der Waals surface area (Å²) in [6.45, 7) is 11.8. The van der Waals surface area contributed by atoms with E-state index in [0.29, 0.717) is 14.5 Å². The molecular weight excluding hydrogens is 273 g/mol. The zero-order chi connectivity index (χ0) is 10.5. The predicted octanol–water partition coefficient (Wildman–Crippen LogP) is 3.67. The number of hydrogen-bond donors (Lipinski definition) is 0. The molecule has 0 radical (unpaired) electrons. The molecule has 1 heterocycles. The fourth-order valence-electron chi connectivity index (χ4n) is 2.98. The molecule has 0 bridgehead atoms. The molecule has 78 valence electrons. The first-order valence-electron chi connectivity index (χ1n) is 5.00. The largest absolute Gasteiger partial charge is 0.287 e. The van der Waals surface area contributed by atoms with Gasteiger partial charge in [0.15, 0.2) is 0 Å². The maximum absolute atomic E-state index is 2.59. The minimum Gasteiger partial charge on any atom is -0.287 e. The van der Waals surface area contributed by atoms with Gasteiger partial charge in [0, 0.05) is 5.54 Å². The Hall–Kier alpha value is 0.690. The second-order valence-electron chi connectivity index (χ2n) is 6.03. The summed E-state index contributed by atoms with van der Waals surface area (Å²) < 4.78 is 0.309. The maximum atomic E-state index is 2.59. The van der Waals surface area contributed by atoms with E-state index in [9.17, 15) is 0 Å². The van der Waals surface area contributed by atoms with Gasteiger partial charge in [0.2, 0.25) is 0 Å². The van der Waals surface area contributed by atoms with Gasteiger partial charge in [0.1, 0.15) is 0 Å². The van der Waals surface area contributed by atoms with Gasteiger partial charge in [-0.15, -0.1) is 0 Å². The van der Waals surface area contributed by atoms with E-state index in [1.54, 1.807) is 0 Å². The molecule has 1 unspecified atom stereocenters. The van der Waals surface area contributed by atoms with E-state index >= 15 is 0 Å². The van der Waals surface area contributed by atoms with Crippen LogP contribution in [0, 0.1) is 5.41 Å². The highest BCUT2D eigenvalue weighted by atomic mass is 127. The molecule has 0 aromatic carbocycles. The van der Waals surface area contributed by atoms with E-state index in [1.807, 2.05) is 0 Å². The van der Waals surface area contributed by atoms with Crippen LogP contribution in [0.15, 0.2) is 0 Å². The predicted molar refractivity (Wildman–Crippen MR) is 67.3 cm³/mol. The second-order valence-corrected chi connectivity index (χ2v) is 8.36. The van der Waals surface area contributed by atoms with Gasteiger partial charge in [-0.1, -0.05) is 36.4 Å². The summed E-state index contributed by atoms with van der Waals surface area (Å²) in [7, 11) is 2.25. The van der Waals surface area contributed by atoms with Crippen molar-refractivity contribution in [2.24, 2.45) is 5.41 Å². The first-order chi connectivity index (χ1) is 5.57. The summed E-state index contributed by atoms with van der Waals surface area (Å²) >= 11 is 2.59. The Morgan fingerprint density at radius 1 is 1.00 bits per heavy atom. The van der Waals surface area contributed by atoms with Crippen LogP contribution in [0.5, 0.6) is 0 Å². The highest BCUT2D eigenvalue weighted by Crippen LogP contribution is 2.49. The minimum atomic E-state index is 0.309. The normalized spacial score (nSPS) is 39.0. The molecule has 0 saturated carbocycles. The molecule has 0 aromatic rings. The maximum Gasteiger partial charge on any atom is 0.0708 e. The number of piperidine rings is 1. The molecule has 2 heteroatoms. The lowest BCUT2D eigenvalue weighted by atomic mass is 9.71. The third kappa shape index (κ3) is 2.38. The molecule has 13 heavy (non-hydrogen) atoms. The van der Waals surface area contributed by atoms with Crippen molar-refractivity contribution in [3.63, 3.8) is 0 Å². The van der Waals surface area contributed by atoms with Gasteiger partial charge in [-0.25, -0.2) is 0 Å². The monoisotopic (exact) mass is 295 g/mol. The Kier molecular flexibility index (Phi) is 2.80. The lowest BCUT2D eigenvalue weighted by Gasteiger charge is -2.55. The number of halogens is 1. The van der Waals surface area contributed by atoms with Crippen molar-refractivity contribution in [2.75, 3.05) is 7.05 Å². The van der Waals surface area contributed by atoms with E-state index in [2.05, 4.69) is 69.2 Å². The molecule has 0 spiro atoms. The van der Waals surface area contributed by atoms with Crippen LogP contribution < -0.4 is 0 Å². The fourth-order valence-corrected chi connectivity index (χ4v) is 4.66. The number of likely N-dealkylation sites (tertiary alicyclic amines) is 1. The van der Waals surface area contributed by atoms with Crippen LogP contribution in [0.2, 0.25) is 0 Å². The summed E-state index contributed by atoms with van der Waals surface area (Å²) in [4.78, 5) is 2.52. The molecule has 1 rings (SSSR count). The second kappa shape index (κ2) is 3.09. The van der Waals surface area contributed by atoms with Crippen molar-refractivity contribution in [3.05, 3.63) is 0 Å². The molecule has 1 saturated heterocycles. The van der Waals surface area contributed by atoms with Crippen molar-refractivity contribution in [1.82, 2.24) is 4.90 Å². The van der Waals surface area contributed by atoms with Gasteiger partial charge in [-0.3, -0.25) is 4.90 Å². The quantitative estimate of drug-likeness (QED) is 0.374. The SMILES string of the molecule is CN1C(C)(C)CC(C)(C)CC1(C)I. The van der Waals surface area contributed by atoms with Crippen molar-refractivity contribution in [1.29, 1.82) is 0 Å². The Labute approximate surface area is 96.4 Å². The summed E-state index contributed by atoms with van der Waals surface area (Å²) in [5.41, 5.74) is 0.809. The molecule has 0 aromatic heterocycles. The van der Waals surface area contributed by atoms with E-state index in [1.165, 1.54) is 12.8 Å². The van der Waals surface area contributed by atoms with Gasteiger partial charge in [0.25, 0.3) is 0 Å². The third-order valence-corrected chi connectivity index (χ3v) is 4.42. The Morgan fingerprint density at radius 2 is 1.46 bits per heavy atom. The number of rotatable bonds is 0. The van der Waals surface area contributed by atoms with Gasteiger partial charge >= 0.3 is 0 Å². The number of hydrogen-bond acceptors (Lipinski definition) is 1. The van der Waals surface area contributed by atoms with Gasteiger partial charge in [-0.05, 0) is 46.1 Å². The Morgan fingerprint density at radius 3 is 1.85 bits per heavy atom. The van der Waals surface area contributed by atoms with E-state index in [-0.39, 0.29) is 0 Å². The van der Waals surface area contributed by atoms with Crippen molar-refractivity contribution in [3.8, 4) is 0 Å². The number of alkyl halides is 1. The Bertz CT molecular complexity index is 186.